The molecule has 6 rings (SSSR count). The van der Waals surface area contributed by atoms with Crippen LogP contribution in [0.3, 0.4) is 0 Å². The zero-order chi connectivity index (χ0) is 27.0. The number of likely N-dealkylation sites (N-methyl/N-ethyl adjacent to an activating group) is 1. The van der Waals surface area contributed by atoms with E-state index in [2.05, 4.69) is 57.6 Å². The van der Waals surface area contributed by atoms with Gasteiger partial charge in [0.15, 0.2) is 0 Å². The van der Waals surface area contributed by atoms with Crippen LogP contribution in [0.25, 0.3) is 10.8 Å². The number of nitriles is 1. The lowest BCUT2D eigenvalue weighted by Crippen LogP contribution is -2.51. The van der Waals surface area contributed by atoms with Crippen LogP contribution < -0.4 is 19.9 Å². The van der Waals surface area contributed by atoms with Crippen molar-refractivity contribution in [2.75, 3.05) is 56.2 Å². The first-order valence-corrected chi connectivity index (χ1v) is 13.6. The quantitative estimate of drug-likeness (QED) is 0.515. The van der Waals surface area contributed by atoms with Crippen molar-refractivity contribution in [1.82, 2.24) is 20.2 Å². The topological polar surface area (TPSA) is 80.5 Å². The number of alkyl halides is 2. The largest absolute Gasteiger partial charge is 0.462 e. The number of anilines is 2. The molecule has 0 spiro atoms. The zero-order valence-corrected chi connectivity index (χ0v) is 22.1. The first kappa shape index (κ1) is 25.7. The molecule has 3 aliphatic rings. The Bertz CT molecular complexity index is 1390. The number of piperazine rings is 1. The Kier molecular flexibility index (Phi) is 6.95. The van der Waals surface area contributed by atoms with Gasteiger partial charge in [0.05, 0.1) is 31.3 Å². The highest BCUT2D eigenvalue weighted by molar-refractivity contribution is 5.94. The number of ether oxygens (including phenoxy) is 1. The Labute approximate surface area is 227 Å². The molecule has 0 amide bonds. The molecule has 1 N–H and O–H groups in total. The molecule has 0 aliphatic carbocycles. The summed E-state index contributed by atoms with van der Waals surface area (Å²) in [6.45, 7) is 3.45. The van der Waals surface area contributed by atoms with Gasteiger partial charge in [-0.3, -0.25) is 4.90 Å². The second kappa shape index (κ2) is 10.5. The second-order valence-corrected chi connectivity index (χ2v) is 10.8. The van der Waals surface area contributed by atoms with Gasteiger partial charge < -0.3 is 19.9 Å². The molecule has 2 fully saturated rings. The maximum Gasteiger partial charge on any atom is 0.318 e. The minimum atomic E-state index is -2.71. The van der Waals surface area contributed by atoms with E-state index in [0.29, 0.717) is 19.5 Å². The molecule has 1 aromatic heterocycles. The first-order chi connectivity index (χ1) is 18.9. The Morgan fingerprint density at radius 2 is 1.97 bits per heavy atom. The number of nitrogens with zero attached hydrogens (tertiary/aromatic N) is 6. The first-order valence-electron chi connectivity index (χ1n) is 13.6. The molecule has 0 saturated carbocycles. The minimum Gasteiger partial charge on any atom is -0.462 e. The fraction of sp³-hybridized carbons (Fsp3) is 0.483. The monoisotopic (exact) mass is 533 g/mol. The number of rotatable bonds is 6. The Balaban J connectivity index is 1.31. The lowest BCUT2D eigenvalue weighted by Gasteiger charge is -2.37. The van der Waals surface area contributed by atoms with Crippen molar-refractivity contribution in [3.05, 3.63) is 53.7 Å². The third-order valence-corrected chi connectivity index (χ3v) is 8.07. The number of hydrogen-bond donors (Lipinski definition) is 1. The van der Waals surface area contributed by atoms with E-state index in [9.17, 15) is 14.0 Å². The highest BCUT2D eigenvalue weighted by Crippen LogP contribution is 2.35. The summed E-state index contributed by atoms with van der Waals surface area (Å²) >= 11 is 0. The van der Waals surface area contributed by atoms with Crippen LogP contribution in [0, 0.1) is 11.3 Å². The molecular weight excluding hydrogens is 500 g/mol. The lowest BCUT2D eigenvalue weighted by molar-refractivity contribution is 0.0136. The summed E-state index contributed by atoms with van der Waals surface area (Å²) in [5.41, 5.74) is 3.16. The number of nitrogens with one attached hydrogen (secondary N) is 1. The third kappa shape index (κ3) is 5.34. The van der Waals surface area contributed by atoms with Crippen LogP contribution in [0.15, 0.2) is 42.5 Å². The van der Waals surface area contributed by atoms with Crippen LogP contribution in [0.2, 0.25) is 0 Å². The van der Waals surface area contributed by atoms with Crippen LogP contribution in [-0.2, 0) is 13.0 Å². The molecule has 2 aromatic carbocycles. The lowest BCUT2D eigenvalue weighted by atomic mass is 10.0. The van der Waals surface area contributed by atoms with Gasteiger partial charge in [0, 0.05) is 61.3 Å². The number of hydrogen-bond acceptors (Lipinski definition) is 8. The number of halogens is 2. The number of fused-ring (bicyclic) bond motifs is 2. The van der Waals surface area contributed by atoms with Crippen LogP contribution in [0.4, 0.5) is 20.3 Å². The smallest absolute Gasteiger partial charge is 0.318 e. The summed E-state index contributed by atoms with van der Waals surface area (Å²) in [6.07, 6.45) is 0.965. The molecule has 3 aliphatic heterocycles. The summed E-state index contributed by atoms with van der Waals surface area (Å²) in [6, 6.07) is 16.9. The molecule has 2 atom stereocenters. The van der Waals surface area contributed by atoms with E-state index in [-0.39, 0.29) is 31.6 Å². The molecule has 4 heterocycles. The van der Waals surface area contributed by atoms with Gasteiger partial charge in [0.2, 0.25) is 0 Å². The van der Waals surface area contributed by atoms with Crippen molar-refractivity contribution in [3.63, 3.8) is 0 Å². The highest BCUT2D eigenvalue weighted by Gasteiger charge is 2.43. The van der Waals surface area contributed by atoms with E-state index in [1.165, 1.54) is 10.8 Å². The van der Waals surface area contributed by atoms with E-state index < -0.39 is 12.0 Å². The van der Waals surface area contributed by atoms with Gasteiger partial charge in [-0.05, 0) is 24.9 Å². The fourth-order valence-corrected chi connectivity index (χ4v) is 6.09. The number of aromatic nitrogens is 2. The van der Waals surface area contributed by atoms with Crippen LogP contribution in [0.1, 0.15) is 24.1 Å². The van der Waals surface area contributed by atoms with Crippen molar-refractivity contribution in [2.24, 2.45) is 0 Å². The van der Waals surface area contributed by atoms with E-state index in [0.717, 1.165) is 48.8 Å². The summed E-state index contributed by atoms with van der Waals surface area (Å²) in [5, 5.41) is 15.0. The van der Waals surface area contributed by atoms with Crippen molar-refractivity contribution in [1.29, 1.82) is 5.26 Å². The Morgan fingerprint density at radius 1 is 1.13 bits per heavy atom. The molecule has 0 radical (unpaired) electrons. The fourth-order valence-electron chi connectivity index (χ4n) is 6.09. The van der Waals surface area contributed by atoms with Gasteiger partial charge in [0.1, 0.15) is 12.4 Å². The van der Waals surface area contributed by atoms with Crippen LogP contribution in [0.5, 0.6) is 6.01 Å². The third-order valence-electron chi connectivity index (χ3n) is 8.07. The summed E-state index contributed by atoms with van der Waals surface area (Å²) < 4.78 is 33.9. The normalized spacial score (nSPS) is 23.0. The highest BCUT2D eigenvalue weighted by atomic mass is 19.3. The maximum absolute atomic E-state index is 13.9. The predicted molar refractivity (Wildman–Crippen MR) is 146 cm³/mol. The SMILES string of the molecule is CN1CC(F)(F)CC1COc1nc2c(c(N3CCNC(CC#N)C3)n1)CCN(c1cccc3ccccc13)C2. The molecule has 0 bridgehead atoms. The van der Waals surface area contributed by atoms with E-state index in [4.69, 9.17) is 14.7 Å². The number of likely N-dealkylation sites (tertiary alicyclic amines) is 1. The molecular formula is C29H33F2N7O. The summed E-state index contributed by atoms with van der Waals surface area (Å²) in [4.78, 5) is 15.9. The number of benzene rings is 2. The predicted octanol–water partition coefficient (Wildman–Crippen LogP) is 3.60. The van der Waals surface area contributed by atoms with Crippen LogP contribution >= 0.6 is 0 Å². The van der Waals surface area contributed by atoms with Crippen molar-refractivity contribution in [3.8, 4) is 12.1 Å². The van der Waals surface area contributed by atoms with Gasteiger partial charge in [-0.1, -0.05) is 36.4 Å². The van der Waals surface area contributed by atoms with E-state index >= 15 is 0 Å². The zero-order valence-electron chi connectivity index (χ0n) is 22.1. The molecule has 8 nitrogen and oxygen atoms in total. The summed E-state index contributed by atoms with van der Waals surface area (Å²) in [5.74, 6) is -1.87. The molecule has 10 heteroatoms. The van der Waals surface area contributed by atoms with Gasteiger partial charge in [-0.2, -0.15) is 15.2 Å². The van der Waals surface area contributed by atoms with Gasteiger partial charge in [-0.25, -0.2) is 8.78 Å². The second-order valence-electron chi connectivity index (χ2n) is 10.8. The standard InChI is InChI=1S/C29H33F2N7O/c1-36-19-29(30,31)15-22(36)18-39-28-34-25-17-37(26-8-4-6-20-5-2-3-7-23(20)26)13-10-24(25)27(35-28)38-14-12-33-21(16-38)9-11-32/h2-8,21-22,33H,9-10,12-19H2,1H3. The van der Waals surface area contributed by atoms with Gasteiger partial charge in [0.25, 0.3) is 5.92 Å². The molecule has 39 heavy (non-hydrogen) atoms. The van der Waals surface area contributed by atoms with Crippen molar-refractivity contribution < 1.29 is 13.5 Å². The molecule has 2 saturated heterocycles. The summed E-state index contributed by atoms with van der Waals surface area (Å²) in [7, 11) is 1.70. The minimum absolute atomic E-state index is 0.0591. The van der Waals surface area contributed by atoms with Crippen molar-refractivity contribution in [2.45, 2.75) is 43.8 Å². The average molecular weight is 534 g/mol. The van der Waals surface area contributed by atoms with E-state index in [1.54, 1.807) is 11.9 Å². The molecule has 204 valence electrons. The molecule has 3 aromatic rings. The Morgan fingerprint density at radius 3 is 2.79 bits per heavy atom. The average Bonchev–Trinajstić information content (AvgIpc) is 3.21. The molecule has 2 unspecified atom stereocenters. The van der Waals surface area contributed by atoms with Gasteiger partial charge in [-0.15, -0.1) is 0 Å². The maximum atomic E-state index is 13.9. The van der Waals surface area contributed by atoms with Crippen LogP contribution in [-0.4, -0.2) is 79.3 Å². The van der Waals surface area contributed by atoms with Crippen molar-refractivity contribution >= 4 is 22.3 Å². The van der Waals surface area contributed by atoms with E-state index in [1.807, 2.05) is 6.07 Å². The Hall–Kier alpha value is -3.55. The van der Waals surface area contributed by atoms with Gasteiger partial charge >= 0.3 is 6.01 Å².